The van der Waals surface area contributed by atoms with Gasteiger partial charge in [0.2, 0.25) is 0 Å². The first-order chi connectivity index (χ1) is 36.8. The zero-order valence-electron chi connectivity index (χ0n) is 43.8. The van der Waals surface area contributed by atoms with Crippen LogP contribution in [0.2, 0.25) is 0 Å². The zero-order valence-corrected chi connectivity index (χ0v) is 43.8. The van der Waals surface area contributed by atoms with Crippen LogP contribution < -0.4 is 4.90 Å². The highest BCUT2D eigenvalue weighted by molar-refractivity contribution is 6.15. The van der Waals surface area contributed by atoms with E-state index in [4.69, 9.17) is 0 Å². The van der Waals surface area contributed by atoms with Crippen LogP contribution in [0, 0.1) is 6.92 Å². The summed E-state index contributed by atoms with van der Waals surface area (Å²) in [5.74, 6) is 0. The van der Waals surface area contributed by atoms with Gasteiger partial charge in [-0.2, -0.15) is 0 Å². The van der Waals surface area contributed by atoms with Crippen LogP contribution in [0.4, 0.5) is 17.1 Å². The second kappa shape index (κ2) is 21.5. The van der Waals surface area contributed by atoms with Crippen molar-refractivity contribution in [1.82, 2.24) is 14.0 Å². The molecule has 2 aromatic heterocycles. The number of hydrogen-bond acceptors (Lipinski definition) is 2. The third-order valence-electron chi connectivity index (χ3n) is 15.3. The number of aromatic nitrogens is 2. The van der Waals surface area contributed by atoms with E-state index in [1.807, 2.05) is 12.2 Å². The molecule has 0 N–H and O–H groups in total. The fourth-order valence-electron chi connectivity index (χ4n) is 11.6. The van der Waals surface area contributed by atoms with E-state index in [0.717, 1.165) is 60.4 Å². The molecule has 0 saturated carbocycles. The van der Waals surface area contributed by atoms with Crippen LogP contribution in [0.15, 0.2) is 260 Å². The molecule has 0 spiro atoms. The lowest BCUT2D eigenvalue weighted by Crippen LogP contribution is -2.41. The third kappa shape index (κ3) is 9.49. The van der Waals surface area contributed by atoms with Crippen molar-refractivity contribution in [2.45, 2.75) is 71.9 Å². The van der Waals surface area contributed by atoms with Crippen molar-refractivity contribution in [3.8, 4) is 16.8 Å². The van der Waals surface area contributed by atoms with Crippen molar-refractivity contribution in [2.24, 2.45) is 0 Å². The molecule has 0 fully saturated rings. The van der Waals surface area contributed by atoms with Gasteiger partial charge in [0.15, 0.2) is 0 Å². The van der Waals surface area contributed by atoms with E-state index >= 15 is 0 Å². The largest absolute Gasteiger partial charge is 0.358 e. The molecule has 6 aromatic carbocycles. The molecule has 2 atom stereocenters. The van der Waals surface area contributed by atoms with Crippen LogP contribution in [0.3, 0.4) is 0 Å². The Labute approximate surface area is 444 Å². The highest BCUT2D eigenvalue weighted by atomic mass is 15.2. The van der Waals surface area contributed by atoms with Gasteiger partial charge in [-0.1, -0.05) is 171 Å². The highest BCUT2D eigenvalue weighted by Crippen LogP contribution is 2.42. The van der Waals surface area contributed by atoms with Crippen LogP contribution in [0.25, 0.3) is 61.3 Å². The summed E-state index contributed by atoms with van der Waals surface area (Å²) in [6.45, 7) is 17.2. The fourth-order valence-corrected chi connectivity index (χ4v) is 11.6. The number of para-hydroxylation sites is 2. The van der Waals surface area contributed by atoms with Gasteiger partial charge in [0.25, 0.3) is 0 Å². The predicted molar refractivity (Wildman–Crippen MR) is 323 cm³/mol. The quantitative estimate of drug-likeness (QED) is 0.0952. The van der Waals surface area contributed by atoms with E-state index in [-0.39, 0.29) is 12.1 Å². The number of hydrogen-bond donors (Lipinski definition) is 0. The van der Waals surface area contributed by atoms with Gasteiger partial charge in [0, 0.05) is 61.6 Å². The summed E-state index contributed by atoms with van der Waals surface area (Å²) < 4.78 is 5.02. The molecule has 11 rings (SSSR count). The third-order valence-corrected chi connectivity index (χ3v) is 15.3. The molecular formula is C71H66N4. The van der Waals surface area contributed by atoms with Gasteiger partial charge in [-0.25, -0.2) is 0 Å². The minimum Gasteiger partial charge on any atom is -0.358 e. The number of allylic oxidation sites excluding steroid dienone is 14. The summed E-state index contributed by atoms with van der Waals surface area (Å²) in [5, 5.41) is 3.79. The van der Waals surface area contributed by atoms with Crippen LogP contribution >= 0.6 is 0 Å². The number of aryl methyl sites for hydroxylation is 1. The Hall–Kier alpha value is -8.60. The summed E-state index contributed by atoms with van der Waals surface area (Å²) in [6.07, 6.45) is 38.2. The lowest BCUT2D eigenvalue weighted by molar-refractivity contribution is 0.250. The minimum atomic E-state index is 0.201. The van der Waals surface area contributed by atoms with E-state index in [1.165, 1.54) is 83.2 Å². The summed E-state index contributed by atoms with van der Waals surface area (Å²) in [7, 11) is 0. The molecule has 2 unspecified atom stereocenters. The fraction of sp³-hybridized carbons (Fsp3) is 0.155. The van der Waals surface area contributed by atoms with E-state index in [9.17, 15) is 0 Å². The monoisotopic (exact) mass is 975 g/mol. The van der Waals surface area contributed by atoms with Crippen molar-refractivity contribution in [1.29, 1.82) is 0 Å². The van der Waals surface area contributed by atoms with Crippen LogP contribution in [-0.2, 0) is 6.42 Å². The van der Waals surface area contributed by atoms with Gasteiger partial charge < -0.3 is 18.9 Å². The van der Waals surface area contributed by atoms with E-state index < -0.39 is 0 Å². The molecule has 370 valence electrons. The Morgan fingerprint density at radius 1 is 0.680 bits per heavy atom. The second-order valence-corrected chi connectivity index (χ2v) is 20.0. The van der Waals surface area contributed by atoms with Crippen LogP contribution in [0.5, 0.6) is 0 Å². The molecule has 4 heteroatoms. The van der Waals surface area contributed by atoms with Crippen LogP contribution in [0.1, 0.15) is 63.3 Å². The molecule has 0 amide bonds. The molecule has 75 heavy (non-hydrogen) atoms. The number of nitrogens with zero attached hydrogens (tertiary/aromatic N) is 4. The molecule has 0 radical (unpaired) electrons. The van der Waals surface area contributed by atoms with E-state index in [1.54, 1.807) is 0 Å². The lowest BCUT2D eigenvalue weighted by atomic mass is 9.92. The average Bonchev–Trinajstić information content (AvgIpc) is 4.00. The molecule has 2 heterocycles. The average molecular weight is 975 g/mol. The van der Waals surface area contributed by atoms with E-state index in [0.29, 0.717) is 0 Å². The Morgan fingerprint density at radius 2 is 1.43 bits per heavy atom. The van der Waals surface area contributed by atoms with Crippen molar-refractivity contribution in [3.05, 3.63) is 277 Å². The number of benzene rings is 6. The van der Waals surface area contributed by atoms with Gasteiger partial charge in [-0.3, -0.25) is 0 Å². The highest BCUT2D eigenvalue weighted by Gasteiger charge is 2.27. The topological polar surface area (TPSA) is 16.3 Å². The van der Waals surface area contributed by atoms with Crippen LogP contribution in [-0.4, -0.2) is 26.1 Å². The summed E-state index contributed by atoms with van der Waals surface area (Å²) in [5.41, 5.74) is 20.6. The first kappa shape index (κ1) is 48.7. The molecule has 0 saturated heterocycles. The SMILES string of the molecule is C=C/C(=C\C=C(/CC)n1c2ccccc2c2cc3c(cc21)c1c(n3-c2ccc(-c3ccc(N(c4ccccc4)c4cccc(C)c4)cc3)cc2)CCC=C1)C1=CCC(N(/C(C=C)=C/C=C\C)C2C=CC=C(C)C2)C=C1. The molecule has 8 aromatic rings. The predicted octanol–water partition coefficient (Wildman–Crippen LogP) is 19.0. The molecular weight excluding hydrogens is 909 g/mol. The van der Waals surface area contributed by atoms with Crippen molar-refractivity contribution >= 4 is 61.5 Å². The first-order valence-corrected chi connectivity index (χ1v) is 26.8. The molecule has 0 aliphatic heterocycles. The Balaban J connectivity index is 0.922. The molecule has 4 nitrogen and oxygen atoms in total. The Bertz CT molecular complexity index is 3760. The van der Waals surface area contributed by atoms with Gasteiger partial charge in [-0.15, -0.1) is 0 Å². The number of fused-ring (bicyclic) bond motifs is 6. The Kier molecular flexibility index (Phi) is 13.9. The number of rotatable bonds is 15. The van der Waals surface area contributed by atoms with Crippen molar-refractivity contribution < 1.29 is 0 Å². The maximum absolute atomic E-state index is 4.32. The smallest absolute Gasteiger partial charge is 0.0545 e. The Morgan fingerprint density at radius 3 is 2.15 bits per heavy atom. The standard InChI is InChI=1S/C71H66N4/c1-7-11-23-56(9-3)72(62-26-19-21-50(5)46-62)59-40-33-53(34-41-59)52(8-2)32-39-57(10-4)74-68-30-17-15-28-64(68)66-49-71-67(48-70(66)74)65-29-16-18-31-69(65)75(71)61-44-37-55(38-45-61)54-35-42-60(43-36-54)73(58-24-13-12-14-25-58)63-27-20-22-51(6)47-63/h7-9,11-17,19-30,32-40,42-45,47-49,59,62H,2-3,10,18,31,41,46H2,1,4-6H3/b11-7-,52-32+,56-23+,57-39+. The van der Waals surface area contributed by atoms with Gasteiger partial charge >= 0.3 is 0 Å². The second-order valence-electron chi connectivity index (χ2n) is 20.0. The summed E-state index contributed by atoms with van der Waals surface area (Å²) >= 11 is 0. The van der Waals surface area contributed by atoms with Gasteiger partial charge in [-0.05, 0) is 166 Å². The van der Waals surface area contributed by atoms with Crippen molar-refractivity contribution in [3.63, 3.8) is 0 Å². The molecule has 0 bridgehead atoms. The number of anilines is 3. The summed E-state index contributed by atoms with van der Waals surface area (Å²) in [4.78, 5) is 4.86. The lowest BCUT2D eigenvalue weighted by Gasteiger charge is -2.40. The molecule has 3 aliphatic carbocycles. The zero-order chi connectivity index (χ0) is 51.4. The molecule has 3 aliphatic rings. The maximum Gasteiger partial charge on any atom is 0.0545 e. The normalized spacial score (nSPS) is 16.9. The minimum absolute atomic E-state index is 0.201. The van der Waals surface area contributed by atoms with Gasteiger partial charge in [0.1, 0.15) is 0 Å². The maximum atomic E-state index is 4.32. The van der Waals surface area contributed by atoms with Gasteiger partial charge in [0.05, 0.1) is 28.6 Å². The van der Waals surface area contributed by atoms with E-state index in [2.05, 4.69) is 278 Å². The summed E-state index contributed by atoms with van der Waals surface area (Å²) in [6, 6.07) is 51.8. The van der Waals surface area contributed by atoms with Crippen molar-refractivity contribution in [2.75, 3.05) is 4.90 Å². The first-order valence-electron chi connectivity index (χ1n) is 26.8.